The number of hydrogen-bond donors (Lipinski definition) is 1. The van der Waals surface area contributed by atoms with E-state index in [1.807, 2.05) is 32.9 Å². The largest absolute Gasteiger partial charge is 0.378 e. The lowest BCUT2D eigenvalue weighted by atomic mass is 9.90. The minimum Gasteiger partial charge on any atom is -0.378 e. The van der Waals surface area contributed by atoms with E-state index in [0.717, 1.165) is 4.47 Å². The quantitative estimate of drug-likeness (QED) is 0.673. The molecule has 0 fully saturated rings. The van der Waals surface area contributed by atoms with E-state index in [-0.39, 0.29) is 16.9 Å². The fourth-order valence-electron chi connectivity index (χ4n) is 2.07. The highest BCUT2D eigenvalue weighted by atomic mass is 79.9. The normalized spacial score (nSPS) is 11.6. The SMILES string of the molecule is CC(C)(C)Cc1nn(-c2ccc(Br)cc2)c(N)c1[N+](=O)[O-]. The van der Waals surface area contributed by atoms with Gasteiger partial charge in [0.25, 0.3) is 0 Å². The van der Waals surface area contributed by atoms with Crippen molar-refractivity contribution in [2.45, 2.75) is 27.2 Å². The molecule has 0 spiro atoms. The van der Waals surface area contributed by atoms with E-state index in [0.29, 0.717) is 17.8 Å². The summed E-state index contributed by atoms with van der Waals surface area (Å²) in [5.41, 5.74) is 6.83. The van der Waals surface area contributed by atoms with Gasteiger partial charge < -0.3 is 5.73 Å². The number of anilines is 1. The molecular formula is C14H17BrN4O2. The molecule has 1 heterocycles. The Balaban J connectivity index is 2.56. The molecular weight excluding hydrogens is 336 g/mol. The third kappa shape index (κ3) is 3.41. The maximum atomic E-state index is 11.3. The van der Waals surface area contributed by atoms with Gasteiger partial charge in [0.2, 0.25) is 5.82 Å². The van der Waals surface area contributed by atoms with Gasteiger partial charge in [0.1, 0.15) is 5.69 Å². The average Bonchev–Trinajstić information content (AvgIpc) is 2.65. The molecule has 6 nitrogen and oxygen atoms in total. The van der Waals surface area contributed by atoms with Crippen molar-refractivity contribution in [2.75, 3.05) is 5.73 Å². The van der Waals surface area contributed by atoms with E-state index in [9.17, 15) is 10.1 Å². The number of nitrogens with two attached hydrogens (primary N) is 1. The summed E-state index contributed by atoms with van der Waals surface area (Å²) in [6.07, 6.45) is 0.483. The maximum absolute atomic E-state index is 11.3. The zero-order valence-corrected chi connectivity index (χ0v) is 13.7. The highest BCUT2D eigenvalue weighted by molar-refractivity contribution is 9.10. The molecule has 1 aromatic carbocycles. The van der Waals surface area contributed by atoms with Crippen molar-refractivity contribution in [2.24, 2.45) is 5.41 Å². The fraction of sp³-hybridized carbons (Fsp3) is 0.357. The molecule has 0 radical (unpaired) electrons. The van der Waals surface area contributed by atoms with Gasteiger partial charge in [0.05, 0.1) is 10.6 Å². The smallest absolute Gasteiger partial charge is 0.334 e. The first-order valence-corrected chi connectivity index (χ1v) is 7.26. The molecule has 0 atom stereocenters. The van der Waals surface area contributed by atoms with Gasteiger partial charge in [0.15, 0.2) is 0 Å². The summed E-state index contributed by atoms with van der Waals surface area (Å²) >= 11 is 3.35. The second kappa shape index (κ2) is 5.48. The molecule has 0 aliphatic rings. The average molecular weight is 353 g/mol. The van der Waals surface area contributed by atoms with Crippen LogP contribution in [0.1, 0.15) is 26.5 Å². The van der Waals surface area contributed by atoms with Crippen LogP contribution in [0.3, 0.4) is 0 Å². The number of benzene rings is 1. The Morgan fingerprint density at radius 2 is 1.90 bits per heavy atom. The first kappa shape index (κ1) is 15.5. The predicted molar refractivity (Wildman–Crippen MR) is 85.5 cm³/mol. The van der Waals surface area contributed by atoms with Crippen LogP contribution in [0.2, 0.25) is 0 Å². The molecule has 0 aliphatic heterocycles. The lowest BCUT2D eigenvalue weighted by molar-refractivity contribution is -0.384. The van der Waals surface area contributed by atoms with Crippen molar-refractivity contribution in [3.05, 3.63) is 44.5 Å². The first-order valence-electron chi connectivity index (χ1n) is 6.47. The third-order valence-electron chi connectivity index (χ3n) is 2.92. The molecule has 7 heteroatoms. The van der Waals surface area contributed by atoms with Crippen LogP contribution >= 0.6 is 15.9 Å². The molecule has 0 aliphatic carbocycles. The van der Waals surface area contributed by atoms with Crippen molar-refractivity contribution >= 4 is 27.4 Å². The third-order valence-corrected chi connectivity index (χ3v) is 3.45. The number of halogens is 1. The van der Waals surface area contributed by atoms with Crippen LogP contribution in [0, 0.1) is 15.5 Å². The van der Waals surface area contributed by atoms with Crippen LogP contribution in [0.15, 0.2) is 28.7 Å². The van der Waals surface area contributed by atoms with Gasteiger partial charge >= 0.3 is 5.69 Å². The van der Waals surface area contributed by atoms with Gasteiger partial charge in [-0.25, -0.2) is 4.68 Å². The topological polar surface area (TPSA) is 87.0 Å². The standard InChI is InChI=1S/C14H17BrN4O2/c1-14(2,3)8-11-12(19(20)21)13(16)18(17-11)10-6-4-9(15)5-7-10/h4-7H,8,16H2,1-3H3. The summed E-state index contributed by atoms with van der Waals surface area (Å²) in [6.45, 7) is 6.02. The predicted octanol–water partition coefficient (Wildman–Crippen LogP) is 3.71. The van der Waals surface area contributed by atoms with Gasteiger partial charge in [-0.2, -0.15) is 5.10 Å². The zero-order chi connectivity index (χ0) is 15.8. The summed E-state index contributed by atoms with van der Waals surface area (Å²) in [5.74, 6) is 0.0570. The van der Waals surface area contributed by atoms with E-state index in [4.69, 9.17) is 5.73 Å². The van der Waals surface area contributed by atoms with Crippen LogP contribution in [-0.4, -0.2) is 14.7 Å². The Hall–Kier alpha value is -1.89. The zero-order valence-electron chi connectivity index (χ0n) is 12.1. The monoisotopic (exact) mass is 352 g/mol. The van der Waals surface area contributed by atoms with Crippen LogP contribution < -0.4 is 5.73 Å². The molecule has 1 aromatic heterocycles. The molecule has 0 saturated carbocycles. The van der Waals surface area contributed by atoms with Crippen molar-refractivity contribution < 1.29 is 4.92 Å². The minimum absolute atomic E-state index is 0.0570. The van der Waals surface area contributed by atoms with Crippen molar-refractivity contribution in [1.82, 2.24) is 9.78 Å². The van der Waals surface area contributed by atoms with E-state index in [2.05, 4.69) is 21.0 Å². The molecule has 2 rings (SSSR count). The number of nitro groups is 1. The highest BCUT2D eigenvalue weighted by Crippen LogP contribution is 2.33. The maximum Gasteiger partial charge on any atom is 0.334 e. The molecule has 21 heavy (non-hydrogen) atoms. The molecule has 0 saturated heterocycles. The van der Waals surface area contributed by atoms with Gasteiger partial charge in [-0.3, -0.25) is 10.1 Å². The Morgan fingerprint density at radius 3 is 2.38 bits per heavy atom. The number of aromatic nitrogens is 2. The number of nitrogen functional groups attached to an aromatic ring is 1. The van der Waals surface area contributed by atoms with Crippen molar-refractivity contribution in [3.63, 3.8) is 0 Å². The highest BCUT2D eigenvalue weighted by Gasteiger charge is 2.29. The molecule has 112 valence electrons. The molecule has 0 amide bonds. The molecule has 2 aromatic rings. The Kier molecular flexibility index (Phi) is 4.04. The van der Waals surface area contributed by atoms with E-state index < -0.39 is 4.92 Å². The van der Waals surface area contributed by atoms with Crippen LogP contribution in [-0.2, 0) is 6.42 Å². The van der Waals surface area contributed by atoms with Gasteiger partial charge in [-0.1, -0.05) is 36.7 Å². The van der Waals surface area contributed by atoms with Gasteiger partial charge in [-0.15, -0.1) is 0 Å². The van der Waals surface area contributed by atoms with Crippen LogP contribution in [0.5, 0.6) is 0 Å². The second-order valence-corrected chi connectivity index (χ2v) is 6.98. The fourth-order valence-corrected chi connectivity index (χ4v) is 2.33. The second-order valence-electron chi connectivity index (χ2n) is 6.06. The Morgan fingerprint density at radius 1 is 1.33 bits per heavy atom. The first-order chi connectivity index (χ1) is 9.69. The van der Waals surface area contributed by atoms with E-state index >= 15 is 0 Å². The van der Waals surface area contributed by atoms with E-state index in [1.165, 1.54) is 4.68 Å². The molecule has 2 N–H and O–H groups in total. The van der Waals surface area contributed by atoms with E-state index in [1.54, 1.807) is 12.1 Å². The van der Waals surface area contributed by atoms with Gasteiger partial charge in [-0.05, 0) is 29.7 Å². The van der Waals surface area contributed by atoms with Gasteiger partial charge in [0, 0.05) is 10.9 Å². The molecule has 0 bridgehead atoms. The van der Waals surface area contributed by atoms with Crippen LogP contribution in [0.25, 0.3) is 5.69 Å². The summed E-state index contributed by atoms with van der Waals surface area (Å²) in [5, 5.41) is 15.6. The Labute approximate surface area is 131 Å². The Bertz CT molecular complexity index is 672. The van der Waals surface area contributed by atoms with Crippen LogP contribution in [0.4, 0.5) is 11.5 Å². The lowest BCUT2D eigenvalue weighted by Gasteiger charge is -2.15. The van der Waals surface area contributed by atoms with Crippen molar-refractivity contribution in [1.29, 1.82) is 0 Å². The molecule has 0 unspecified atom stereocenters. The summed E-state index contributed by atoms with van der Waals surface area (Å²) < 4.78 is 2.34. The minimum atomic E-state index is -0.460. The summed E-state index contributed by atoms with van der Waals surface area (Å²) in [6, 6.07) is 7.29. The summed E-state index contributed by atoms with van der Waals surface area (Å²) in [7, 11) is 0. The number of nitrogens with zero attached hydrogens (tertiary/aromatic N) is 3. The summed E-state index contributed by atoms with van der Waals surface area (Å²) in [4.78, 5) is 10.8. The van der Waals surface area contributed by atoms with Crippen molar-refractivity contribution in [3.8, 4) is 5.69 Å². The lowest BCUT2D eigenvalue weighted by Crippen LogP contribution is -2.11. The number of hydrogen-bond acceptors (Lipinski definition) is 4. The number of rotatable bonds is 3.